The van der Waals surface area contributed by atoms with Gasteiger partial charge in [-0.15, -0.1) is 11.6 Å². The average Bonchev–Trinajstić information content (AvgIpc) is 2.93. The minimum atomic E-state index is -0.591. The van der Waals surface area contributed by atoms with Crippen molar-refractivity contribution in [3.63, 3.8) is 0 Å². The number of fused-ring (bicyclic) bond motifs is 5. The number of halogens is 1. The van der Waals surface area contributed by atoms with E-state index < -0.39 is 5.41 Å². The van der Waals surface area contributed by atoms with E-state index in [0.717, 1.165) is 37.7 Å². The van der Waals surface area contributed by atoms with Crippen molar-refractivity contribution < 1.29 is 14.4 Å². The van der Waals surface area contributed by atoms with Crippen molar-refractivity contribution in [1.82, 2.24) is 0 Å². The van der Waals surface area contributed by atoms with Gasteiger partial charge in [0.05, 0.1) is 17.7 Å². The molecule has 0 heterocycles. The molecule has 2 saturated carbocycles. The molecule has 0 aromatic heterocycles. The van der Waals surface area contributed by atoms with Gasteiger partial charge in [-0.3, -0.25) is 14.4 Å². The number of carbonyl (C=O) groups excluding carboxylic acids is 3. The van der Waals surface area contributed by atoms with Crippen LogP contribution in [-0.2, 0) is 14.4 Å². The van der Waals surface area contributed by atoms with Gasteiger partial charge in [-0.1, -0.05) is 18.6 Å². The van der Waals surface area contributed by atoms with Crippen LogP contribution in [0.4, 0.5) is 0 Å². The zero-order valence-electron chi connectivity index (χ0n) is 14.9. The van der Waals surface area contributed by atoms with E-state index in [2.05, 4.69) is 13.0 Å². The first kappa shape index (κ1) is 17.2. The van der Waals surface area contributed by atoms with Crippen molar-refractivity contribution in [1.29, 1.82) is 0 Å². The first-order chi connectivity index (χ1) is 11.8. The summed E-state index contributed by atoms with van der Waals surface area (Å²) in [4.78, 5) is 37.0. The summed E-state index contributed by atoms with van der Waals surface area (Å²) in [6.07, 6.45) is 8.57. The number of ketones is 3. The molecule has 0 amide bonds. The Labute approximate surface area is 153 Å². The fraction of sp³-hybridized carbons (Fsp3) is 0.667. The van der Waals surface area contributed by atoms with Crippen LogP contribution in [0.2, 0.25) is 0 Å². The molecule has 0 unspecified atom stereocenters. The van der Waals surface area contributed by atoms with Crippen LogP contribution in [-0.4, -0.2) is 23.2 Å². The second-order valence-corrected chi connectivity index (χ2v) is 8.98. The summed E-state index contributed by atoms with van der Waals surface area (Å²) >= 11 is 5.86. The zero-order chi connectivity index (χ0) is 18.0. The van der Waals surface area contributed by atoms with Gasteiger partial charge < -0.3 is 0 Å². The van der Waals surface area contributed by atoms with Crippen LogP contribution in [0, 0.1) is 28.6 Å². The molecule has 0 radical (unpaired) electrons. The summed E-state index contributed by atoms with van der Waals surface area (Å²) in [5.41, 5.74) is 1.60. The molecule has 4 rings (SSSR count). The minimum absolute atomic E-state index is 0.0271. The van der Waals surface area contributed by atoms with Crippen LogP contribution < -0.4 is 0 Å². The summed E-state index contributed by atoms with van der Waals surface area (Å²) in [6.45, 7) is 4.26. The number of rotatable bonds is 2. The Morgan fingerprint density at radius 2 is 2.00 bits per heavy atom. The summed E-state index contributed by atoms with van der Waals surface area (Å²) < 4.78 is 0. The number of hydrogen-bond donors (Lipinski definition) is 0. The summed E-state index contributed by atoms with van der Waals surface area (Å²) in [5.74, 6) is 1.11. The lowest BCUT2D eigenvalue weighted by atomic mass is 9.51. The molecule has 4 heteroatoms. The Morgan fingerprint density at radius 3 is 2.72 bits per heavy atom. The van der Waals surface area contributed by atoms with Crippen LogP contribution in [0.25, 0.3) is 0 Å². The monoisotopic (exact) mass is 360 g/mol. The maximum atomic E-state index is 12.8. The summed E-state index contributed by atoms with van der Waals surface area (Å²) in [7, 11) is 0. The van der Waals surface area contributed by atoms with Gasteiger partial charge in [0, 0.05) is 5.92 Å². The molecular weight excluding hydrogens is 336 g/mol. The van der Waals surface area contributed by atoms with Gasteiger partial charge in [-0.05, 0) is 67.9 Å². The third-order valence-corrected chi connectivity index (χ3v) is 8.01. The quantitative estimate of drug-likeness (QED) is 0.424. The Morgan fingerprint density at radius 1 is 1.24 bits per heavy atom. The Kier molecular flexibility index (Phi) is 3.88. The molecule has 134 valence electrons. The molecule has 25 heavy (non-hydrogen) atoms. The fourth-order valence-corrected chi connectivity index (χ4v) is 6.54. The molecule has 0 saturated heterocycles. The molecule has 0 N–H and O–H groups in total. The van der Waals surface area contributed by atoms with Gasteiger partial charge in [-0.2, -0.15) is 0 Å². The first-order valence-corrected chi connectivity index (χ1v) is 9.92. The highest BCUT2D eigenvalue weighted by Crippen LogP contribution is 2.64. The lowest BCUT2D eigenvalue weighted by Gasteiger charge is -2.52. The summed E-state index contributed by atoms with van der Waals surface area (Å²) in [5, 5.41) is 0. The second kappa shape index (κ2) is 5.64. The normalized spacial score (nSPS) is 42.9. The van der Waals surface area contributed by atoms with Crippen molar-refractivity contribution in [2.45, 2.75) is 52.4 Å². The number of allylic oxidation sites excluding steroid dienone is 4. The molecule has 3 nitrogen and oxygen atoms in total. The Hall–Kier alpha value is -1.22. The van der Waals surface area contributed by atoms with E-state index in [9.17, 15) is 14.4 Å². The molecule has 0 spiro atoms. The van der Waals surface area contributed by atoms with Crippen LogP contribution in [0.5, 0.6) is 0 Å². The van der Waals surface area contributed by atoms with Gasteiger partial charge in [0.15, 0.2) is 17.3 Å². The van der Waals surface area contributed by atoms with E-state index >= 15 is 0 Å². The van der Waals surface area contributed by atoms with E-state index in [1.165, 1.54) is 5.57 Å². The van der Waals surface area contributed by atoms with E-state index in [0.29, 0.717) is 11.8 Å². The maximum Gasteiger partial charge on any atom is 0.163 e. The molecule has 2 fully saturated rings. The zero-order valence-corrected chi connectivity index (χ0v) is 15.7. The average molecular weight is 361 g/mol. The molecule has 0 aromatic carbocycles. The highest BCUT2D eigenvalue weighted by molar-refractivity contribution is 6.28. The van der Waals surface area contributed by atoms with Crippen molar-refractivity contribution in [3.8, 4) is 0 Å². The highest BCUT2D eigenvalue weighted by atomic mass is 35.5. The largest absolute Gasteiger partial charge is 0.298 e. The van der Waals surface area contributed by atoms with Crippen LogP contribution in [0.15, 0.2) is 23.3 Å². The molecule has 4 aliphatic rings. The second-order valence-electron chi connectivity index (χ2n) is 8.71. The van der Waals surface area contributed by atoms with Gasteiger partial charge in [0.25, 0.3) is 0 Å². The lowest BCUT2D eigenvalue weighted by molar-refractivity contribution is -0.131. The molecule has 0 aliphatic heterocycles. The number of hydrogen-bond acceptors (Lipinski definition) is 3. The maximum absolute atomic E-state index is 12.8. The van der Waals surface area contributed by atoms with Gasteiger partial charge in [-0.25, -0.2) is 0 Å². The molecule has 4 aliphatic carbocycles. The SMILES string of the molecule is C[C@]12C(=O)CC(=O)C=C1CC[C@@H]1C2=CC[C@]2(C)[C@@H](C(=O)CCl)CC[C@@H]12. The van der Waals surface area contributed by atoms with Crippen molar-refractivity contribution >= 4 is 29.0 Å². The third-order valence-electron chi connectivity index (χ3n) is 7.75. The van der Waals surface area contributed by atoms with Crippen molar-refractivity contribution in [3.05, 3.63) is 23.3 Å². The van der Waals surface area contributed by atoms with Gasteiger partial charge >= 0.3 is 0 Å². The van der Waals surface area contributed by atoms with Crippen molar-refractivity contribution in [2.24, 2.45) is 28.6 Å². The standard InChI is InChI=1S/C21H25ClO3/c1-20-8-7-16-14(15(20)5-6-17(20)18(24)11-22)4-3-12-9-13(23)10-19(25)21(12,16)2/h7,9,14-15,17H,3-6,8,10-11H2,1-2H3/t14-,15-,17+,20-,21-/m0/s1. The smallest absolute Gasteiger partial charge is 0.163 e. The highest BCUT2D eigenvalue weighted by Gasteiger charge is 2.58. The molecular formula is C21H25ClO3. The minimum Gasteiger partial charge on any atom is -0.298 e. The van der Waals surface area contributed by atoms with Gasteiger partial charge in [0.1, 0.15) is 0 Å². The first-order valence-electron chi connectivity index (χ1n) is 9.38. The predicted octanol–water partition coefficient (Wildman–Crippen LogP) is 4.04. The van der Waals surface area contributed by atoms with Crippen LogP contribution >= 0.6 is 11.6 Å². The number of Topliss-reactive ketones (excluding diaryl/α,β-unsaturated/α-hetero) is 2. The topological polar surface area (TPSA) is 51.2 Å². The van der Waals surface area contributed by atoms with E-state index in [1.54, 1.807) is 6.08 Å². The Bertz CT molecular complexity index is 733. The Balaban J connectivity index is 1.76. The van der Waals surface area contributed by atoms with Crippen molar-refractivity contribution in [2.75, 3.05) is 5.88 Å². The van der Waals surface area contributed by atoms with E-state index in [1.807, 2.05) is 6.92 Å². The van der Waals surface area contributed by atoms with E-state index in [4.69, 9.17) is 11.6 Å². The number of alkyl halides is 1. The fourth-order valence-electron chi connectivity index (χ4n) is 6.35. The summed E-state index contributed by atoms with van der Waals surface area (Å²) in [6, 6.07) is 0. The molecule has 0 bridgehead atoms. The van der Waals surface area contributed by atoms with Crippen LogP contribution in [0.3, 0.4) is 0 Å². The third kappa shape index (κ3) is 2.21. The molecule has 5 atom stereocenters. The van der Waals surface area contributed by atoms with Crippen LogP contribution in [0.1, 0.15) is 52.4 Å². The van der Waals surface area contributed by atoms with Gasteiger partial charge in [0.2, 0.25) is 0 Å². The lowest BCUT2D eigenvalue weighted by Crippen LogP contribution is -2.48. The predicted molar refractivity (Wildman–Crippen MR) is 96.3 cm³/mol. The molecule has 0 aromatic rings. The number of carbonyl (C=O) groups is 3. The van der Waals surface area contributed by atoms with E-state index in [-0.39, 0.29) is 41.0 Å².